The Hall–Kier alpha value is -1.02. The Morgan fingerprint density at radius 2 is 2.05 bits per heavy atom. The Morgan fingerprint density at radius 1 is 1.40 bits per heavy atom. The third-order valence-corrected chi connectivity index (χ3v) is 5.44. The van der Waals surface area contributed by atoms with E-state index in [1.807, 2.05) is 0 Å². The van der Waals surface area contributed by atoms with Crippen molar-refractivity contribution in [3.63, 3.8) is 0 Å². The molecule has 0 amide bonds. The quantitative estimate of drug-likeness (QED) is 0.905. The molecular formula is C13H18FNO4S. The smallest absolute Gasteiger partial charge is 0.245 e. The van der Waals surface area contributed by atoms with Gasteiger partial charge in [-0.1, -0.05) is 6.07 Å². The summed E-state index contributed by atoms with van der Waals surface area (Å²) in [5.41, 5.74) is 0.372. The van der Waals surface area contributed by atoms with Crippen molar-refractivity contribution in [1.29, 1.82) is 0 Å². The van der Waals surface area contributed by atoms with Gasteiger partial charge in [-0.15, -0.1) is 0 Å². The summed E-state index contributed by atoms with van der Waals surface area (Å²) in [7, 11) is -2.27. The predicted molar refractivity (Wildman–Crippen MR) is 71.1 cm³/mol. The summed E-state index contributed by atoms with van der Waals surface area (Å²) in [5.74, 6) is -0.795. The van der Waals surface area contributed by atoms with Crippen molar-refractivity contribution in [1.82, 2.24) is 4.31 Å². The summed E-state index contributed by atoms with van der Waals surface area (Å²) in [6.07, 6.45) is 1.24. The molecule has 0 aromatic heterocycles. The van der Waals surface area contributed by atoms with Crippen LogP contribution in [0.4, 0.5) is 4.39 Å². The van der Waals surface area contributed by atoms with Gasteiger partial charge in [0.1, 0.15) is 10.7 Å². The summed E-state index contributed by atoms with van der Waals surface area (Å²) in [6.45, 7) is 0.293. The highest BCUT2D eigenvalue weighted by atomic mass is 32.2. The van der Waals surface area contributed by atoms with Crippen LogP contribution in [0.1, 0.15) is 18.4 Å². The van der Waals surface area contributed by atoms with Gasteiger partial charge in [0.05, 0.1) is 12.7 Å². The van der Waals surface area contributed by atoms with Crippen LogP contribution in [0.15, 0.2) is 23.1 Å². The first kappa shape index (κ1) is 15.4. The van der Waals surface area contributed by atoms with Gasteiger partial charge in [0.25, 0.3) is 0 Å². The number of aliphatic hydroxyl groups is 1. The van der Waals surface area contributed by atoms with Gasteiger partial charge in [-0.2, -0.15) is 4.31 Å². The number of hydrogen-bond donors (Lipinski definition) is 1. The van der Waals surface area contributed by atoms with E-state index in [4.69, 9.17) is 9.84 Å². The third kappa shape index (κ3) is 3.01. The Morgan fingerprint density at radius 3 is 2.60 bits per heavy atom. The van der Waals surface area contributed by atoms with Crippen LogP contribution in [0.25, 0.3) is 0 Å². The maximum atomic E-state index is 13.8. The molecule has 0 saturated carbocycles. The van der Waals surface area contributed by atoms with Crippen LogP contribution in [0.3, 0.4) is 0 Å². The Balaban J connectivity index is 2.27. The van der Waals surface area contributed by atoms with E-state index < -0.39 is 15.8 Å². The molecule has 7 heteroatoms. The Bertz CT molecular complexity index is 568. The van der Waals surface area contributed by atoms with Crippen LogP contribution >= 0.6 is 0 Å². The zero-order valence-electron chi connectivity index (χ0n) is 11.3. The molecule has 1 aliphatic rings. The molecule has 0 atom stereocenters. The Kier molecular flexibility index (Phi) is 4.74. The fourth-order valence-corrected chi connectivity index (χ4v) is 3.88. The maximum Gasteiger partial charge on any atom is 0.245 e. The Labute approximate surface area is 118 Å². The van der Waals surface area contributed by atoms with Crippen LogP contribution in [-0.2, 0) is 21.4 Å². The molecule has 1 heterocycles. The van der Waals surface area contributed by atoms with E-state index in [0.717, 1.165) is 6.07 Å². The second kappa shape index (κ2) is 6.17. The van der Waals surface area contributed by atoms with Crippen LogP contribution in [-0.4, -0.2) is 44.1 Å². The molecule has 2 rings (SSSR count). The van der Waals surface area contributed by atoms with Crippen LogP contribution in [0, 0.1) is 5.82 Å². The molecule has 0 aliphatic carbocycles. The molecule has 1 aromatic rings. The number of hydrogen-bond acceptors (Lipinski definition) is 4. The van der Waals surface area contributed by atoms with Crippen molar-refractivity contribution in [2.24, 2.45) is 0 Å². The standard InChI is InChI=1S/C13H18FNO4S/c1-19-11-4-6-15(7-5-11)20(17,18)13-8-10(9-16)2-3-12(13)14/h2-3,8,11,16H,4-7,9H2,1H3. The summed E-state index contributed by atoms with van der Waals surface area (Å²) < 4.78 is 45.1. The predicted octanol–water partition coefficient (Wildman–Crippen LogP) is 1.12. The molecule has 112 valence electrons. The van der Waals surface area contributed by atoms with Crippen molar-refractivity contribution in [3.05, 3.63) is 29.6 Å². The third-order valence-electron chi connectivity index (χ3n) is 3.53. The van der Waals surface area contributed by atoms with Gasteiger partial charge in [0.2, 0.25) is 10.0 Å². The SMILES string of the molecule is COC1CCN(S(=O)(=O)c2cc(CO)ccc2F)CC1. The molecule has 0 radical (unpaired) electrons. The highest BCUT2D eigenvalue weighted by Crippen LogP contribution is 2.24. The van der Waals surface area contributed by atoms with Crippen molar-refractivity contribution in [3.8, 4) is 0 Å². The zero-order chi connectivity index (χ0) is 14.8. The topological polar surface area (TPSA) is 66.8 Å². The highest BCUT2D eigenvalue weighted by molar-refractivity contribution is 7.89. The fourth-order valence-electron chi connectivity index (χ4n) is 2.29. The minimum absolute atomic E-state index is 0.0510. The molecular weight excluding hydrogens is 285 g/mol. The van der Waals surface area contributed by atoms with Gasteiger partial charge in [-0.25, -0.2) is 12.8 Å². The number of halogens is 1. The van der Waals surface area contributed by atoms with Crippen LogP contribution in [0.2, 0.25) is 0 Å². The minimum atomic E-state index is -3.87. The molecule has 20 heavy (non-hydrogen) atoms. The summed E-state index contributed by atoms with van der Waals surface area (Å²) in [6, 6.07) is 3.62. The number of nitrogens with zero attached hydrogens (tertiary/aromatic N) is 1. The van der Waals surface area contributed by atoms with Crippen molar-refractivity contribution in [2.45, 2.75) is 30.4 Å². The zero-order valence-corrected chi connectivity index (χ0v) is 12.1. The molecule has 1 N–H and O–H groups in total. The first-order valence-corrected chi connectivity index (χ1v) is 7.85. The van der Waals surface area contributed by atoms with Crippen molar-refractivity contribution < 1.29 is 22.7 Å². The van der Waals surface area contributed by atoms with Gasteiger partial charge < -0.3 is 9.84 Å². The molecule has 0 spiro atoms. The summed E-state index contributed by atoms with van der Waals surface area (Å²) >= 11 is 0. The molecule has 0 unspecified atom stereocenters. The first-order chi connectivity index (χ1) is 9.48. The number of ether oxygens (including phenoxy) is 1. The lowest BCUT2D eigenvalue weighted by molar-refractivity contribution is 0.0604. The van der Waals surface area contributed by atoms with E-state index in [-0.39, 0.29) is 17.6 Å². The van der Waals surface area contributed by atoms with E-state index in [1.54, 1.807) is 7.11 Å². The number of aliphatic hydroxyl groups excluding tert-OH is 1. The lowest BCUT2D eigenvalue weighted by Gasteiger charge is -2.30. The summed E-state index contributed by atoms with van der Waals surface area (Å²) in [4.78, 5) is -0.375. The van der Waals surface area contributed by atoms with Gasteiger partial charge in [-0.05, 0) is 30.5 Å². The number of methoxy groups -OCH3 is 1. The highest BCUT2D eigenvalue weighted by Gasteiger charge is 2.31. The number of rotatable bonds is 4. The van der Waals surface area contributed by atoms with Crippen LogP contribution in [0.5, 0.6) is 0 Å². The lowest BCUT2D eigenvalue weighted by Crippen LogP contribution is -2.40. The molecule has 5 nitrogen and oxygen atoms in total. The largest absolute Gasteiger partial charge is 0.392 e. The lowest BCUT2D eigenvalue weighted by atomic mass is 10.1. The number of sulfonamides is 1. The van der Waals surface area contributed by atoms with E-state index >= 15 is 0 Å². The molecule has 1 fully saturated rings. The monoisotopic (exact) mass is 303 g/mol. The van der Waals surface area contributed by atoms with E-state index in [0.29, 0.717) is 31.5 Å². The van der Waals surface area contributed by atoms with Crippen molar-refractivity contribution in [2.75, 3.05) is 20.2 Å². The first-order valence-electron chi connectivity index (χ1n) is 6.41. The average Bonchev–Trinajstić information content (AvgIpc) is 2.47. The van der Waals surface area contributed by atoms with Crippen LogP contribution < -0.4 is 0 Å². The molecule has 1 aliphatic heterocycles. The second-order valence-corrected chi connectivity index (χ2v) is 6.67. The van der Waals surface area contributed by atoms with Gasteiger partial charge in [-0.3, -0.25) is 0 Å². The summed E-state index contributed by atoms with van der Waals surface area (Å²) in [5, 5.41) is 9.05. The van der Waals surface area contributed by atoms with Gasteiger partial charge >= 0.3 is 0 Å². The second-order valence-electron chi connectivity index (χ2n) is 4.76. The van der Waals surface area contributed by atoms with Crippen molar-refractivity contribution >= 4 is 10.0 Å². The van der Waals surface area contributed by atoms with Gasteiger partial charge in [0, 0.05) is 20.2 Å². The van der Waals surface area contributed by atoms with Gasteiger partial charge in [0.15, 0.2) is 0 Å². The minimum Gasteiger partial charge on any atom is -0.392 e. The van der Waals surface area contributed by atoms with E-state index in [1.165, 1.54) is 16.4 Å². The number of piperidine rings is 1. The molecule has 1 aromatic carbocycles. The van der Waals surface area contributed by atoms with E-state index in [9.17, 15) is 12.8 Å². The average molecular weight is 303 g/mol. The molecule has 0 bridgehead atoms. The molecule has 1 saturated heterocycles. The van der Waals surface area contributed by atoms with E-state index in [2.05, 4.69) is 0 Å². The normalized spacial score (nSPS) is 18.4. The fraction of sp³-hybridized carbons (Fsp3) is 0.538. The number of benzene rings is 1. The maximum absolute atomic E-state index is 13.8.